The van der Waals surface area contributed by atoms with Gasteiger partial charge in [-0.2, -0.15) is 8.62 Å². The van der Waals surface area contributed by atoms with Gasteiger partial charge in [0.05, 0.1) is 30.9 Å². The molecule has 0 saturated carbocycles. The van der Waals surface area contributed by atoms with Crippen molar-refractivity contribution >= 4 is 53.0 Å². The van der Waals surface area contributed by atoms with Gasteiger partial charge in [0.1, 0.15) is 30.6 Å². The van der Waals surface area contributed by atoms with Gasteiger partial charge in [-0.05, 0) is 0 Å². The van der Waals surface area contributed by atoms with E-state index in [1.54, 1.807) is 0 Å². The molecule has 2 unspecified atom stereocenters. The van der Waals surface area contributed by atoms with Crippen LogP contribution in [0.4, 0.5) is 5.82 Å². The summed E-state index contributed by atoms with van der Waals surface area (Å²) < 4.78 is 52.6. The number of nitrogens with zero attached hydrogens (tertiary/aromatic N) is 4. The maximum atomic E-state index is 11.9. The summed E-state index contributed by atoms with van der Waals surface area (Å²) in [6.07, 6.45) is 0.585. The third kappa shape index (κ3) is 5.95. The molecule has 2 aromatic heterocycles. The maximum absolute atomic E-state index is 11.9. The van der Waals surface area contributed by atoms with Crippen molar-refractivity contribution in [1.82, 2.24) is 19.5 Å². The smallest absolute Gasteiger partial charge is 0.382 e. The molecule has 1 aliphatic rings. The Morgan fingerprint density at radius 2 is 1.70 bits per heavy atom. The molecule has 0 spiro atoms. The highest BCUT2D eigenvalue weighted by Gasteiger charge is 2.48. The number of imidazole rings is 1. The lowest BCUT2D eigenvalue weighted by molar-refractivity contribution is -0.119. The minimum Gasteiger partial charge on any atom is -0.382 e. The van der Waals surface area contributed by atoms with Crippen LogP contribution in [0.1, 0.15) is 6.23 Å². The summed E-state index contributed by atoms with van der Waals surface area (Å²) in [4.78, 5) is 70.9. The number of carbonyl (C=O) groups excluding carboxylic acids is 2. The number of aldehydes is 2. The Morgan fingerprint density at radius 1 is 1.03 bits per heavy atom. The summed E-state index contributed by atoms with van der Waals surface area (Å²) in [5.74, 6) is -2.31. The van der Waals surface area contributed by atoms with Crippen LogP contribution in [0.5, 0.6) is 0 Å². The van der Waals surface area contributed by atoms with Crippen LogP contribution in [-0.4, -0.2) is 64.4 Å². The van der Waals surface area contributed by atoms with E-state index in [0.29, 0.717) is 12.6 Å². The van der Waals surface area contributed by atoms with Crippen LogP contribution in [-0.2, 0) is 41.2 Å². The largest absolute Gasteiger partial charge is 0.490 e. The van der Waals surface area contributed by atoms with E-state index in [1.807, 2.05) is 0 Å². The Labute approximate surface area is 183 Å². The highest BCUT2D eigenvalue weighted by Crippen LogP contribution is 2.66. The minimum atomic E-state index is -5.73. The molecule has 3 rings (SSSR count). The molecular weight excluding hydrogens is 515 g/mol. The molecule has 1 aliphatic heterocycles. The van der Waals surface area contributed by atoms with Crippen LogP contribution in [0.25, 0.3) is 11.2 Å². The second-order valence-corrected chi connectivity index (χ2v) is 10.9. The molecule has 6 N–H and O–H groups in total. The van der Waals surface area contributed by atoms with Crippen molar-refractivity contribution in [3.8, 4) is 0 Å². The molecule has 0 aliphatic carbocycles. The van der Waals surface area contributed by atoms with Gasteiger partial charge in [0.25, 0.3) is 0 Å². The van der Waals surface area contributed by atoms with E-state index in [-0.39, 0.29) is 17.0 Å². The fourth-order valence-electron chi connectivity index (χ4n) is 3.06. The Hall–Kier alpha value is -1.94. The number of rotatable bonds is 10. The van der Waals surface area contributed by atoms with Gasteiger partial charge in [0.2, 0.25) is 0 Å². The lowest BCUT2D eigenvalue weighted by Crippen LogP contribution is -2.27. The quantitative estimate of drug-likeness (QED) is 0.187. The number of hydrogen-bond acceptors (Lipinski definition) is 13. The average Bonchev–Trinajstić information content (AvgIpc) is 3.24. The van der Waals surface area contributed by atoms with Crippen LogP contribution in [0.3, 0.4) is 0 Å². The Morgan fingerprint density at radius 3 is 2.30 bits per heavy atom. The first-order valence-corrected chi connectivity index (χ1v) is 13.1. The zero-order chi connectivity index (χ0) is 24.6. The lowest BCUT2D eigenvalue weighted by atomic mass is 9.92. The molecule has 0 bridgehead atoms. The summed E-state index contributed by atoms with van der Waals surface area (Å²) in [7, 11) is -16.8. The van der Waals surface area contributed by atoms with E-state index in [9.17, 15) is 33.1 Å². The number of phosphoric acid groups is 3. The monoisotopic (exact) mass is 531 g/mol. The molecule has 0 amide bonds. The predicted octanol–water partition coefficient (Wildman–Crippen LogP) is -0.721. The van der Waals surface area contributed by atoms with Crippen molar-refractivity contribution in [3.05, 3.63) is 12.7 Å². The van der Waals surface area contributed by atoms with Crippen LogP contribution in [0.15, 0.2) is 12.7 Å². The summed E-state index contributed by atoms with van der Waals surface area (Å²) in [5.41, 5.74) is 6.06. The van der Waals surface area contributed by atoms with Crippen molar-refractivity contribution in [2.45, 2.75) is 12.3 Å². The topological polar surface area (TPSA) is 273 Å². The molecule has 1 saturated heterocycles. The van der Waals surface area contributed by atoms with Crippen molar-refractivity contribution in [2.75, 3.05) is 12.3 Å². The number of fused-ring (bicyclic) bond motifs is 1. The molecule has 6 atom stereocenters. The van der Waals surface area contributed by atoms with Crippen LogP contribution in [0.2, 0.25) is 0 Å². The van der Waals surface area contributed by atoms with Crippen LogP contribution < -0.4 is 5.73 Å². The number of phosphoric ester groups is 1. The van der Waals surface area contributed by atoms with Crippen molar-refractivity contribution in [3.63, 3.8) is 0 Å². The van der Waals surface area contributed by atoms with E-state index in [2.05, 4.69) is 28.1 Å². The fraction of sp³-hybridized carbons (Fsp3) is 0.417. The van der Waals surface area contributed by atoms with E-state index >= 15 is 0 Å². The molecule has 1 fully saturated rings. The van der Waals surface area contributed by atoms with E-state index in [0.717, 1.165) is 6.33 Å². The third-order valence-corrected chi connectivity index (χ3v) is 8.11. The fourth-order valence-corrected chi connectivity index (χ4v) is 6.09. The lowest BCUT2D eigenvalue weighted by Gasteiger charge is -2.19. The summed E-state index contributed by atoms with van der Waals surface area (Å²) in [5, 5.41) is 0. The van der Waals surface area contributed by atoms with Gasteiger partial charge < -0.3 is 39.6 Å². The van der Waals surface area contributed by atoms with Gasteiger partial charge in [0.15, 0.2) is 11.5 Å². The van der Waals surface area contributed by atoms with Gasteiger partial charge in [-0.25, -0.2) is 28.6 Å². The SMILES string of the molecule is Nc1ncnc2c1ncn2[C@@H]1O[C@H](COP(=O)(O)OP(=O)(O)OP(=O)(O)O)[C@@H](C=O)[C@H]1C=O. The van der Waals surface area contributed by atoms with Gasteiger partial charge >= 0.3 is 23.5 Å². The average molecular weight is 531 g/mol. The number of carbonyl (C=O) groups is 2. The second kappa shape index (κ2) is 9.37. The molecule has 21 heteroatoms. The second-order valence-electron chi connectivity index (χ2n) is 6.46. The molecule has 2 aromatic rings. The number of anilines is 1. The number of nitrogen functional groups attached to an aromatic ring is 1. The third-order valence-electron chi connectivity index (χ3n) is 4.31. The number of aromatic nitrogens is 4. The minimum absolute atomic E-state index is 0.0375. The summed E-state index contributed by atoms with van der Waals surface area (Å²) in [6.45, 7) is -0.919. The molecule has 0 aromatic carbocycles. The number of ether oxygens (including phenoxy) is 1. The first kappa shape index (κ1) is 25.7. The van der Waals surface area contributed by atoms with Crippen molar-refractivity contribution in [2.24, 2.45) is 11.8 Å². The van der Waals surface area contributed by atoms with E-state index in [4.69, 9.17) is 20.3 Å². The van der Waals surface area contributed by atoms with E-state index in [1.165, 1.54) is 10.9 Å². The normalized spacial score (nSPS) is 27.2. The van der Waals surface area contributed by atoms with Gasteiger partial charge in [0, 0.05) is 0 Å². The Kier molecular flexibility index (Phi) is 7.29. The molecule has 182 valence electrons. The standard InChI is InChI=1S/C12H16N5O13P3/c13-10-9-11(15-4-14-10)17(5-16-9)12-7(2-19)6(1-18)8(28-12)3-27-32(23,24)30-33(25,26)29-31(20,21)22/h1-2,4-8,12H,3H2,(H,23,24)(H,25,26)(H2,13,14,15)(H2,20,21,22)/t6-,7+,8+,12+/m0/s1. The highest BCUT2D eigenvalue weighted by molar-refractivity contribution is 7.66. The van der Waals surface area contributed by atoms with Crippen LogP contribution >= 0.6 is 23.5 Å². The van der Waals surface area contributed by atoms with Gasteiger partial charge in [-0.1, -0.05) is 0 Å². The molecule has 33 heavy (non-hydrogen) atoms. The Bertz CT molecular complexity index is 1200. The number of hydrogen-bond donors (Lipinski definition) is 5. The van der Waals surface area contributed by atoms with Gasteiger partial charge in [-0.3, -0.25) is 9.09 Å². The maximum Gasteiger partial charge on any atom is 0.490 e. The zero-order valence-electron chi connectivity index (χ0n) is 16.0. The summed E-state index contributed by atoms with van der Waals surface area (Å²) >= 11 is 0. The zero-order valence-corrected chi connectivity index (χ0v) is 18.7. The number of nitrogens with two attached hydrogens (primary N) is 1. The van der Waals surface area contributed by atoms with Crippen LogP contribution in [0, 0.1) is 11.8 Å². The first-order valence-electron chi connectivity index (χ1n) is 8.54. The van der Waals surface area contributed by atoms with Crippen molar-refractivity contribution in [1.29, 1.82) is 0 Å². The predicted molar refractivity (Wildman–Crippen MR) is 103 cm³/mol. The molecular formula is C12H16N5O13P3. The first-order chi connectivity index (χ1) is 15.3. The van der Waals surface area contributed by atoms with E-state index < -0.39 is 54.2 Å². The van der Waals surface area contributed by atoms with Gasteiger partial charge in [-0.15, -0.1) is 0 Å². The Balaban J connectivity index is 1.78. The molecule has 0 radical (unpaired) electrons. The molecule has 3 heterocycles. The summed E-state index contributed by atoms with van der Waals surface area (Å²) in [6, 6.07) is 0. The van der Waals surface area contributed by atoms with Crippen molar-refractivity contribution < 1.29 is 60.7 Å². The highest BCUT2D eigenvalue weighted by atomic mass is 31.3. The molecule has 18 nitrogen and oxygen atoms in total.